The van der Waals surface area contributed by atoms with Crippen molar-refractivity contribution in [3.8, 4) is 0 Å². The number of nitrogens with zero attached hydrogens (tertiary/aromatic N) is 1. The van der Waals surface area contributed by atoms with Gasteiger partial charge < -0.3 is 5.43 Å². The van der Waals surface area contributed by atoms with E-state index in [9.17, 15) is 0 Å². The van der Waals surface area contributed by atoms with Gasteiger partial charge in [0.25, 0.3) is 0 Å². The fourth-order valence-electron chi connectivity index (χ4n) is 0.840. The van der Waals surface area contributed by atoms with E-state index in [0.29, 0.717) is 0 Å². The van der Waals surface area contributed by atoms with Gasteiger partial charge in [0.05, 0.1) is 6.21 Å². The van der Waals surface area contributed by atoms with Crippen LogP contribution in [0.5, 0.6) is 0 Å². The van der Waals surface area contributed by atoms with E-state index < -0.39 is 0 Å². The summed E-state index contributed by atoms with van der Waals surface area (Å²) in [5.74, 6) is 0. The topological polar surface area (TPSA) is 24.4 Å². The Morgan fingerprint density at radius 3 is 2.31 bits per heavy atom. The van der Waals surface area contributed by atoms with Crippen molar-refractivity contribution in [3.63, 3.8) is 0 Å². The van der Waals surface area contributed by atoms with Crippen molar-refractivity contribution in [2.75, 3.05) is 0 Å². The van der Waals surface area contributed by atoms with E-state index in [1.165, 1.54) is 0 Å². The third kappa shape index (κ3) is 4.31. The van der Waals surface area contributed by atoms with Crippen LogP contribution in [0, 0.1) is 0 Å². The summed E-state index contributed by atoms with van der Waals surface area (Å²) in [6.07, 6.45) is 1.82. The average molecular weight is 176 g/mol. The molecule has 1 N–H and O–H groups in total. The fourth-order valence-corrected chi connectivity index (χ4v) is 0.840. The van der Waals surface area contributed by atoms with Crippen LogP contribution < -0.4 is 5.43 Å². The van der Waals surface area contributed by atoms with E-state index in [2.05, 4.69) is 31.3 Å². The lowest BCUT2D eigenvalue weighted by Gasteiger charge is -2.16. The molecule has 0 amide bonds. The van der Waals surface area contributed by atoms with Crippen LogP contribution in [-0.2, 0) is 0 Å². The molecule has 0 heterocycles. The molecule has 0 bridgehead atoms. The molecule has 1 aromatic rings. The lowest BCUT2D eigenvalue weighted by Crippen LogP contribution is -2.31. The van der Waals surface area contributed by atoms with Crippen LogP contribution in [0.3, 0.4) is 0 Å². The van der Waals surface area contributed by atoms with Gasteiger partial charge in [0.1, 0.15) is 0 Å². The molecule has 1 aromatic carbocycles. The maximum Gasteiger partial charge on any atom is 0.0540 e. The average Bonchev–Trinajstić information content (AvgIpc) is 2.04. The second-order valence-electron chi connectivity index (χ2n) is 4.03. The molecule has 0 atom stereocenters. The Morgan fingerprint density at radius 1 is 1.15 bits per heavy atom. The van der Waals surface area contributed by atoms with Crippen LogP contribution in [0.25, 0.3) is 0 Å². The highest BCUT2D eigenvalue weighted by Gasteiger charge is 2.05. The maximum absolute atomic E-state index is 4.14. The van der Waals surface area contributed by atoms with Gasteiger partial charge in [0, 0.05) is 5.54 Å². The summed E-state index contributed by atoms with van der Waals surface area (Å²) in [5.41, 5.74) is 4.18. The lowest BCUT2D eigenvalue weighted by atomic mass is 10.1. The van der Waals surface area contributed by atoms with E-state index in [1.54, 1.807) is 0 Å². The van der Waals surface area contributed by atoms with E-state index in [1.807, 2.05) is 36.5 Å². The smallest absolute Gasteiger partial charge is 0.0540 e. The molecule has 70 valence electrons. The van der Waals surface area contributed by atoms with E-state index in [4.69, 9.17) is 0 Å². The van der Waals surface area contributed by atoms with Crippen LogP contribution in [0.1, 0.15) is 26.3 Å². The first kappa shape index (κ1) is 9.78. The quantitative estimate of drug-likeness (QED) is 0.543. The first-order valence-electron chi connectivity index (χ1n) is 4.43. The van der Waals surface area contributed by atoms with Gasteiger partial charge in [-0.15, -0.1) is 0 Å². The molecular formula is C11H16N2. The second-order valence-corrected chi connectivity index (χ2v) is 4.03. The summed E-state index contributed by atoms with van der Waals surface area (Å²) in [6.45, 7) is 6.24. The number of hydrazone groups is 1. The van der Waals surface area contributed by atoms with Gasteiger partial charge in [-0.2, -0.15) is 5.10 Å². The third-order valence-electron chi connectivity index (χ3n) is 1.41. The molecule has 0 spiro atoms. The zero-order chi connectivity index (χ0) is 9.73. The van der Waals surface area contributed by atoms with Crippen LogP contribution in [-0.4, -0.2) is 11.8 Å². The summed E-state index contributed by atoms with van der Waals surface area (Å²) in [7, 11) is 0. The maximum atomic E-state index is 4.14. The zero-order valence-electron chi connectivity index (χ0n) is 8.41. The molecular weight excluding hydrogens is 160 g/mol. The molecule has 2 nitrogen and oxygen atoms in total. The molecule has 0 unspecified atom stereocenters. The minimum absolute atomic E-state index is 0.0330. The van der Waals surface area contributed by atoms with Crippen molar-refractivity contribution < 1.29 is 0 Å². The molecule has 0 aromatic heterocycles. The molecule has 0 saturated carbocycles. The Morgan fingerprint density at radius 2 is 1.77 bits per heavy atom. The Balaban J connectivity index is 2.51. The highest BCUT2D eigenvalue weighted by Crippen LogP contribution is 1.98. The van der Waals surface area contributed by atoms with Crippen LogP contribution in [0.2, 0.25) is 0 Å². The molecule has 0 aliphatic carbocycles. The Labute approximate surface area is 79.7 Å². The SMILES string of the molecule is CC(C)(C)N/N=C\c1ccccc1. The highest BCUT2D eigenvalue weighted by molar-refractivity contribution is 5.79. The third-order valence-corrected chi connectivity index (χ3v) is 1.41. The summed E-state index contributed by atoms with van der Waals surface area (Å²) < 4.78 is 0. The minimum atomic E-state index is 0.0330. The highest BCUT2D eigenvalue weighted by atomic mass is 15.3. The van der Waals surface area contributed by atoms with Gasteiger partial charge in [-0.05, 0) is 26.3 Å². The predicted octanol–water partition coefficient (Wildman–Crippen LogP) is 2.41. The molecule has 0 saturated heterocycles. The predicted molar refractivity (Wildman–Crippen MR) is 56.9 cm³/mol. The minimum Gasteiger partial charge on any atom is -0.305 e. The molecule has 0 fully saturated rings. The molecule has 1 rings (SSSR count). The van der Waals surface area contributed by atoms with Crippen molar-refractivity contribution in [3.05, 3.63) is 35.9 Å². The van der Waals surface area contributed by atoms with Gasteiger partial charge in [0.15, 0.2) is 0 Å². The molecule has 0 aliphatic heterocycles. The summed E-state index contributed by atoms with van der Waals surface area (Å²) in [5, 5.41) is 4.14. The number of benzene rings is 1. The fraction of sp³-hybridized carbons (Fsp3) is 0.364. The first-order chi connectivity index (χ1) is 6.08. The largest absolute Gasteiger partial charge is 0.305 e. The van der Waals surface area contributed by atoms with Gasteiger partial charge in [-0.1, -0.05) is 30.3 Å². The molecule has 0 radical (unpaired) electrons. The lowest BCUT2D eigenvalue weighted by molar-refractivity contribution is 0.442. The van der Waals surface area contributed by atoms with Crippen molar-refractivity contribution >= 4 is 6.21 Å². The number of rotatable bonds is 2. The molecule has 0 aliphatic rings. The van der Waals surface area contributed by atoms with Gasteiger partial charge in [-0.3, -0.25) is 0 Å². The van der Waals surface area contributed by atoms with Crippen molar-refractivity contribution in [2.24, 2.45) is 5.10 Å². The van der Waals surface area contributed by atoms with Crippen molar-refractivity contribution in [2.45, 2.75) is 26.3 Å². The molecule has 2 heteroatoms. The van der Waals surface area contributed by atoms with Gasteiger partial charge in [-0.25, -0.2) is 0 Å². The van der Waals surface area contributed by atoms with Crippen molar-refractivity contribution in [1.29, 1.82) is 0 Å². The van der Waals surface area contributed by atoms with Gasteiger partial charge >= 0.3 is 0 Å². The standard InChI is InChI=1S/C11H16N2/c1-11(2,3)13-12-9-10-7-5-4-6-8-10/h4-9,13H,1-3H3/b12-9-. The Hall–Kier alpha value is -1.31. The number of nitrogens with one attached hydrogen (secondary N) is 1. The van der Waals surface area contributed by atoms with Gasteiger partial charge in [0.2, 0.25) is 0 Å². The van der Waals surface area contributed by atoms with E-state index in [0.717, 1.165) is 5.56 Å². The zero-order valence-corrected chi connectivity index (χ0v) is 8.41. The molecule has 13 heavy (non-hydrogen) atoms. The summed E-state index contributed by atoms with van der Waals surface area (Å²) in [4.78, 5) is 0. The Kier molecular flexibility index (Phi) is 3.07. The van der Waals surface area contributed by atoms with Crippen LogP contribution in [0.15, 0.2) is 35.4 Å². The number of hydrogen-bond acceptors (Lipinski definition) is 2. The van der Waals surface area contributed by atoms with E-state index in [-0.39, 0.29) is 5.54 Å². The van der Waals surface area contributed by atoms with E-state index >= 15 is 0 Å². The van der Waals surface area contributed by atoms with Crippen LogP contribution >= 0.6 is 0 Å². The summed E-state index contributed by atoms with van der Waals surface area (Å²) >= 11 is 0. The Bertz CT molecular complexity index is 270. The first-order valence-corrected chi connectivity index (χ1v) is 4.43. The van der Waals surface area contributed by atoms with Crippen molar-refractivity contribution in [1.82, 2.24) is 5.43 Å². The normalized spacial score (nSPS) is 11.9. The monoisotopic (exact) mass is 176 g/mol. The van der Waals surface area contributed by atoms with Crippen LogP contribution in [0.4, 0.5) is 0 Å². The summed E-state index contributed by atoms with van der Waals surface area (Å²) in [6, 6.07) is 10.0. The number of hydrogen-bond donors (Lipinski definition) is 1. The second kappa shape index (κ2) is 4.08.